The Labute approximate surface area is 279 Å². The molecule has 47 heavy (non-hydrogen) atoms. The van der Waals surface area contributed by atoms with E-state index in [0.29, 0.717) is 44.0 Å². The molecule has 0 radical (unpaired) electrons. The Morgan fingerprint density at radius 1 is 0.745 bits per heavy atom. The quantitative estimate of drug-likeness (QED) is 0.0919. The van der Waals surface area contributed by atoms with E-state index in [9.17, 15) is 0 Å². The highest BCUT2D eigenvalue weighted by Gasteiger charge is 2.21. The Morgan fingerprint density at radius 2 is 1.45 bits per heavy atom. The predicted molar refractivity (Wildman–Crippen MR) is 197 cm³/mol. The number of nitrogens with one attached hydrogen (secondary N) is 1. The van der Waals surface area contributed by atoms with E-state index in [1.54, 1.807) is 6.20 Å². The number of benzene rings is 3. The van der Waals surface area contributed by atoms with Crippen LogP contribution < -0.4 is 5.32 Å². The second kappa shape index (κ2) is 13.9. The van der Waals surface area contributed by atoms with Gasteiger partial charge in [0.2, 0.25) is 0 Å². The maximum atomic E-state index is 6.26. The lowest BCUT2D eigenvalue weighted by atomic mass is 10.1. The molecule has 0 atom stereocenters. The second-order valence-electron chi connectivity index (χ2n) is 14.4. The summed E-state index contributed by atoms with van der Waals surface area (Å²) in [5.41, 5.74) is 4.33. The lowest BCUT2D eigenvalue weighted by Crippen LogP contribution is -2.22. The summed E-state index contributed by atoms with van der Waals surface area (Å²) in [4.78, 5) is 14.6. The summed E-state index contributed by atoms with van der Waals surface area (Å²) in [6.07, 6.45) is 3.75. The molecular formula is C36H45N7O2Si2. The molecular weight excluding hydrogens is 619 g/mol. The molecule has 0 aliphatic heterocycles. The maximum absolute atomic E-state index is 6.26. The molecule has 3 heterocycles. The van der Waals surface area contributed by atoms with Crippen molar-refractivity contribution in [1.29, 1.82) is 0 Å². The van der Waals surface area contributed by atoms with Crippen LogP contribution in [0.25, 0.3) is 44.7 Å². The van der Waals surface area contributed by atoms with Crippen LogP contribution in [0, 0.1) is 0 Å². The number of nitrogens with zero attached hydrogens (tertiary/aromatic N) is 6. The molecule has 1 N–H and O–H groups in total. The number of aromatic nitrogens is 6. The largest absolute Gasteiger partial charge is 0.361 e. The van der Waals surface area contributed by atoms with Gasteiger partial charge < -0.3 is 14.8 Å². The molecule has 6 aromatic rings. The third kappa shape index (κ3) is 8.41. The van der Waals surface area contributed by atoms with Gasteiger partial charge in [-0.3, -0.25) is 4.57 Å². The van der Waals surface area contributed by atoms with E-state index in [2.05, 4.69) is 90.5 Å². The van der Waals surface area contributed by atoms with Gasteiger partial charge in [0.15, 0.2) is 17.3 Å². The number of imidazole rings is 1. The van der Waals surface area contributed by atoms with Crippen LogP contribution in [-0.4, -0.2) is 58.7 Å². The highest BCUT2D eigenvalue weighted by molar-refractivity contribution is 6.76. The van der Waals surface area contributed by atoms with Crippen LogP contribution in [0.3, 0.4) is 0 Å². The summed E-state index contributed by atoms with van der Waals surface area (Å²) in [5, 5.41) is 10.9. The van der Waals surface area contributed by atoms with E-state index in [0.717, 1.165) is 45.6 Å². The number of hydrogen-bond acceptors (Lipinski definition) is 7. The lowest BCUT2D eigenvalue weighted by molar-refractivity contribution is 0.0786. The number of fused-ring (bicyclic) bond motifs is 2. The van der Waals surface area contributed by atoms with Crippen LogP contribution in [0.5, 0.6) is 0 Å². The zero-order valence-corrected chi connectivity index (χ0v) is 30.3. The van der Waals surface area contributed by atoms with Gasteiger partial charge in [0.05, 0.1) is 22.9 Å². The summed E-state index contributed by atoms with van der Waals surface area (Å²) in [6.45, 7) is 16.3. The van der Waals surface area contributed by atoms with Gasteiger partial charge in [-0.15, -0.1) is 0 Å². The molecule has 11 heteroatoms. The Morgan fingerprint density at radius 3 is 2.21 bits per heavy atom. The minimum absolute atomic E-state index is 0.345. The van der Waals surface area contributed by atoms with Crippen LogP contribution in [0.1, 0.15) is 0 Å². The molecule has 0 bridgehead atoms. The summed E-state index contributed by atoms with van der Waals surface area (Å²) >= 11 is 0. The Balaban J connectivity index is 1.33. The average molecular weight is 664 g/mol. The number of anilines is 2. The zero-order valence-electron chi connectivity index (χ0n) is 28.3. The standard InChI is InChI=1S/C36H45N7O2Si2/c1-46(2,3)21-19-44-25-42-24-31(38-33-17-18-37-35(40-33)29-16-15-27-11-7-8-12-28(27)23-29)34(41-42)36-39-30-13-9-10-14-32(30)43(36)26-45-20-22-47(4,5)6/h7-18,23-24H,19-22,25-26H2,1-6H3,(H,37,38,40). The molecule has 0 aliphatic rings. The molecule has 6 rings (SSSR count). The molecule has 0 saturated heterocycles. The summed E-state index contributed by atoms with van der Waals surface area (Å²) in [5.74, 6) is 2.04. The molecule has 0 spiro atoms. The monoisotopic (exact) mass is 663 g/mol. The van der Waals surface area contributed by atoms with Gasteiger partial charge in [-0.2, -0.15) is 5.10 Å². The first kappa shape index (κ1) is 32.8. The third-order valence-electron chi connectivity index (χ3n) is 7.99. The molecule has 0 unspecified atom stereocenters. The van der Waals surface area contributed by atoms with Gasteiger partial charge >= 0.3 is 0 Å². The fraction of sp³-hybridized carbons (Fsp3) is 0.333. The fourth-order valence-electron chi connectivity index (χ4n) is 5.24. The SMILES string of the molecule is C[Si](C)(C)CCOCn1cc(Nc2ccnc(-c3ccc4ccccc4c3)n2)c(-c2nc3ccccc3n2COCC[Si](C)(C)C)n1. The Kier molecular flexibility index (Phi) is 9.69. The first-order valence-corrected chi connectivity index (χ1v) is 23.7. The molecule has 3 aromatic heterocycles. The third-order valence-corrected chi connectivity index (χ3v) is 11.4. The second-order valence-corrected chi connectivity index (χ2v) is 25.7. The smallest absolute Gasteiger partial charge is 0.165 e. The highest BCUT2D eigenvalue weighted by Crippen LogP contribution is 2.32. The van der Waals surface area contributed by atoms with Crippen molar-refractivity contribution < 1.29 is 9.47 Å². The van der Waals surface area contributed by atoms with E-state index in [1.807, 2.05) is 47.3 Å². The van der Waals surface area contributed by atoms with Gasteiger partial charge in [-0.05, 0) is 47.1 Å². The highest BCUT2D eigenvalue weighted by atomic mass is 28.3. The molecule has 0 fully saturated rings. The van der Waals surface area contributed by atoms with Gasteiger partial charge in [0.25, 0.3) is 0 Å². The molecule has 9 nitrogen and oxygen atoms in total. The van der Waals surface area contributed by atoms with Crippen LogP contribution >= 0.6 is 0 Å². The van der Waals surface area contributed by atoms with Crippen LogP contribution in [0.4, 0.5) is 11.5 Å². The van der Waals surface area contributed by atoms with Crippen LogP contribution in [0.2, 0.25) is 51.4 Å². The first-order chi connectivity index (χ1) is 22.5. The van der Waals surface area contributed by atoms with Gasteiger partial charge in [0, 0.05) is 41.1 Å². The fourth-order valence-corrected chi connectivity index (χ4v) is 6.75. The topological polar surface area (TPSA) is 91.9 Å². The van der Waals surface area contributed by atoms with Crippen molar-refractivity contribution >= 4 is 49.5 Å². The Bertz CT molecular complexity index is 1970. The van der Waals surface area contributed by atoms with E-state index in [4.69, 9.17) is 24.5 Å². The van der Waals surface area contributed by atoms with Crippen LogP contribution in [-0.2, 0) is 22.9 Å². The van der Waals surface area contributed by atoms with Gasteiger partial charge in [-0.25, -0.2) is 19.6 Å². The summed E-state index contributed by atoms with van der Waals surface area (Å²) < 4.78 is 16.3. The predicted octanol–water partition coefficient (Wildman–Crippen LogP) is 8.88. The maximum Gasteiger partial charge on any atom is 0.165 e. The van der Waals surface area contributed by atoms with Crippen molar-refractivity contribution in [2.24, 2.45) is 0 Å². The number of ether oxygens (including phenoxy) is 2. The summed E-state index contributed by atoms with van der Waals surface area (Å²) in [7, 11) is -2.44. The average Bonchev–Trinajstić information content (AvgIpc) is 3.61. The molecule has 0 aliphatic carbocycles. The first-order valence-electron chi connectivity index (χ1n) is 16.3. The number of rotatable bonds is 14. The summed E-state index contributed by atoms with van der Waals surface area (Å²) in [6, 6.07) is 26.8. The van der Waals surface area contributed by atoms with Gasteiger partial charge in [0.1, 0.15) is 19.3 Å². The van der Waals surface area contributed by atoms with Crippen molar-refractivity contribution in [3.8, 4) is 22.9 Å². The van der Waals surface area contributed by atoms with Crippen molar-refractivity contribution in [3.63, 3.8) is 0 Å². The van der Waals surface area contributed by atoms with Crippen molar-refractivity contribution in [1.82, 2.24) is 29.3 Å². The van der Waals surface area contributed by atoms with E-state index < -0.39 is 16.1 Å². The minimum atomic E-state index is -1.23. The Hall–Kier alpha value is -4.17. The van der Waals surface area contributed by atoms with Crippen molar-refractivity contribution in [2.75, 3.05) is 18.5 Å². The molecule has 244 valence electrons. The molecule has 3 aromatic carbocycles. The lowest BCUT2D eigenvalue weighted by Gasteiger charge is -2.16. The van der Waals surface area contributed by atoms with E-state index in [1.165, 1.54) is 5.39 Å². The van der Waals surface area contributed by atoms with Crippen molar-refractivity contribution in [2.45, 2.75) is 64.8 Å². The minimum Gasteiger partial charge on any atom is -0.361 e. The van der Waals surface area contributed by atoms with Crippen molar-refractivity contribution in [3.05, 3.63) is 85.2 Å². The van der Waals surface area contributed by atoms with E-state index >= 15 is 0 Å². The van der Waals surface area contributed by atoms with E-state index in [-0.39, 0.29) is 0 Å². The molecule has 0 amide bonds. The van der Waals surface area contributed by atoms with Crippen LogP contribution in [0.15, 0.2) is 85.2 Å². The number of hydrogen-bond donors (Lipinski definition) is 1. The normalized spacial score (nSPS) is 12.3. The number of para-hydroxylation sites is 2. The van der Waals surface area contributed by atoms with Gasteiger partial charge in [-0.1, -0.05) is 87.8 Å². The molecule has 0 saturated carbocycles. The zero-order chi connectivity index (χ0) is 33.0.